The topological polar surface area (TPSA) is 63.0 Å². The Morgan fingerprint density at radius 3 is 3.07 bits per heavy atom. The molecular weight excluding hydrogens is 228 g/mol. The number of hydrazine groups is 1. The number of thiocarbonyl (C=S) groups is 1. The highest BCUT2D eigenvalue weighted by molar-refractivity contribution is 7.80. The Kier molecular flexibility index (Phi) is 2.70. The summed E-state index contributed by atoms with van der Waals surface area (Å²) in [6, 6.07) is 6.12. The molecule has 0 aliphatic carbocycles. The van der Waals surface area contributed by atoms with Gasteiger partial charge in [-0.3, -0.25) is 10.9 Å². The van der Waals surface area contributed by atoms with Crippen LogP contribution in [0.25, 0.3) is 10.2 Å². The quantitative estimate of drug-likeness (QED) is 0.550. The molecule has 0 amide bonds. The van der Waals surface area contributed by atoms with Crippen molar-refractivity contribution in [1.82, 2.24) is 10.4 Å². The Balaban J connectivity index is 2.27. The van der Waals surface area contributed by atoms with Crippen LogP contribution in [0.4, 0.5) is 5.13 Å². The maximum absolute atomic E-state index is 5.29. The number of anilines is 1. The highest BCUT2D eigenvalue weighted by Crippen LogP contribution is 2.25. The van der Waals surface area contributed by atoms with Crippen LogP contribution in [0.5, 0.6) is 0 Å². The summed E-state index contributed by atoms with van der Waals surface area (Å²) < 4.78 is 1.14. The molecule has 15 heavy (non-hydrogen) atoms. The highest BCUT2D eigenvalue weighted by atomic mass is 32.1. The summed E-state index contributed by atoms with van der Waals surface area (Å²) in [4.78, 5) is 4.36. The largest absolute Gasteiger partial charge is 0.375 e. The Morgan fingerprint density at radius 2 is 2.33 bits per heavy atom. The summed E-state index contributed by atoms with van der Waals surface area (Å²) in [5.74, 6) is 0. The first-order chi connectivity index (χ1) is 7.15. The molecule has 2 aromatic rings. The van der Waals surface area contributed by atoms with Gasteiger partial charge in [-0.05, 0) is 36.8 Å². The van der Waals surface area contributed by atoms with E-state index in [0.717, 1.165) is 15.3 Å². The van der Waals surface area contributed by atoms with E-state index in [1.165, 1.54) is 5.56 Å². The van der Waals surface area contributed by atoms with E-state index >= 15 is 0 Å². The highest BCUT2D eigenvalue weighted by Gasteiger charge is 2.02. The van der Waals surface area contributed by atoms with Crippen molar-refractivity contribution in [3.05, 3.63) is 23.8 Å². The fraction of sp³-hybridized carbons (Fsp3) is 0.111. The van der Waals surface area contributed by atoms with E-state index in [4.69, 9.17) is 5.73 Å². The molecule has 0 bridgehead atoms. The molecule has 0 aliphatic heterocycles. The van der Waals surface area contributed by atoms with Crippen molar-refractivity contribution < 1.29 is 0 Å². The first kappa shape index (κ1) is 10.1. The van der Waals surface area contributed by atoms with Crippen LogP contribution in [0.15, 0.2) is 18.2 Å². The molecule has 1 aromatic heterocycles. The third-order valence-electron chi connectivity index (χ3n) is 1.84. The Morgan fingerprint density at radius 1 is 1.53 bits per heavy atom. The molecular formula is C9H10N4S2. The summed E-state index contributed by atoms with van der Waals surface area (Å²) in [7, 11) is 0. The average Bonchev–Trinajstić information content (AvgIpc) is 2.56. The number of nitrogens with zero attached hydrogens (tertiary/aromatic N) is 1. The van der Waals surface area contributed by atoms with E-state index in [-0.39, 0.29) is 5.11 Å². The molecule has 0 atom stereocenters. The fourth-order valence-corrected chi connectivity index (χ4v) is 2.17. The number of benzene rings is 1. The average molecular weight is 238 g/mol. The number of hydrogen-bond acceptors (Lipinski definition) is 4. The summed E-state index contributed by atoms with van der Waals surface area (Å²) in [5.41, 5.74) is 13.0. The van der Waals surface area contributed by atoms with Crippen LogP contribution in [0.2, 0.25) is 0 Å². The lowest BCUT2D eigenvalue weighted by Crippen LogP contribution is -2.33. The lowest BCUT2D eigenvalue weighted by molar-refractivity contribution is 1.12. The van der Waals surface area contributed by atoms with Gasteiger partial charge in [0.1, 0.15) is 0 Å². The van der Waals surface area contributed by atoms with Crippen LogP contribution in [-0.4, -0.2) is 10.1 Å². The lowest BCUT2D eigenvalue weighted by Gasteiger charge is -2.01. The van der Waals surface area contributed by atoms with Crippen molar-refractivity contribution in [3.63, 3.8) is 0 Å². The lowest BCUT2D eigenvalue weighted by atomic mass is 10.2. The number of nitrogens with one attached hydrogen (secondary N) is 2. The minimum atomic E-state index is 0.199. The predicted octanol–water partition coefficient (Wildman–Crippen LogP) is 1.76. The molecule has 0 saturated carbocycles. The zero-order valence-corrected chi connectivity index (χ0v) is 9.71. The van der Waals surface area contributed by atoms with E-state index in [2.05, 4.69) is 41.0 Å². The van der Waals surface area contributed by atoms with Crippen LogP contribution in [0.3, 0.4) is 0 Å². The summed E-state index contributed by atoms with van der Waals surface area (Å²) in [5, 5.41) is 0.953. The second-order valence-electron chi connectivity index (χ2n) is 3.10. The van der Waals surface area contributed by atoms with Gasteiger partial charge in [0.15, 0.2) is 5.11 Å². The Bertz CT molecular complexity index is 506. The van der Waals surface area contributed by atoms with E-state index in [0.29, 0.717) is 0 Å². The molecule has 0 saturated heterocycles. The Hall–Kier alpha value is -1.40. The number of aromatic nitrogens is 1. The number of thiazole rings is 1. The normalized spacial score (nSPS) is 10.2. The minimum Gasteiger partial charge on any atom is -0.375 e. The second kappa shape index (κ2) is 4.00. The number of hydrogen-bond donors (Lipinski definition) is 3. The van der Waals surface area contributed by atoms with Crippen LogP contribution >= 0.6 is 23.6 Å². The van der Waals surface area contributed by atoms with E-state index in [1.807, 2.05) is 12.1 Å². The maximum Gasteiger partial charge on any atom is 0.202 e. The van der Waals surface area contributed by atoms with Crippen molar-refractivity contribution in [1.29, 1.82) is 0 Å². The summed E-state index contributed by atoms with van der Waals surface area (Å²) in [6.07, 6.45) is 0. The molecule has 4 nitrogen and oxygen atoms in total. The standard InChI is InChI=1S/C9H10N4S2/c1-5-2-3-6-7(4-5)15-9(11-6)13-12-8(10)14/h2-4H,1H3,(H,11,13)(H3,10,12,14). The number of nitrogens with two attached hydrogens (primary N) is 1. The van der Waals surface area contributed by atoms with E-state index in [1.54, 1.807) is 11.3 Å². The smallest absolute Gasteiger partial charge is 0.202 e. The van der Waals surface area contributed by atoms with Gasteiger partial charge >= 0.3 is 0 Å². The predicted molar refractivity (Wildman–Crippen MR) is 67.9 cm³/mol. The Labute approximate surface area is 96.5 Å². The maximum atomic E-state index is 5.29. The third-order valence-corrected chi connectivity index (χ3v) is 2.87. The molecule has 0 radical (unpaired) electrons. The van der Waals surface area contributed by atoms with Crippen LogP contribution in [0.1, 0.15) is 5.56 Å². The zero-order chi connectivity index (χ0) is 10.8. The third kappa shape index (κ3) is 2.34. The van der Waals surface area contributed by atoms with Gasteiger partial charge in [-0.1, -0.05) is 17.4 Å². The molecule has 0 spiro atoms. The van der Waals surface area contributed by atoms with Crippen LogP contribution in [-0.2, 0) is 0 Å². The van der Waals surface area contributed by atoms with Crippen LogP contribution < -0.4 is 16.6 Å². The van der Waals surface area contributed by atoms with E-state index < -0.39 is 0 Å². The van der Waals surface area contributed by atoms with E-state index in [9.17, 15) is 0 Å². The van der Waals surface area contributed by atoms with Crippen molar-refractivity contribution in [2.24, 2.45) is 5.73 Å². The van der Waals surface area contributed by atoms with Gasteiger partial charge in [0.05, 0.1) is 10.2 Å². The molecule has 6 heteroatoms. The minimum absolute atomic E-state index is 0.199. The van der Waals surface area contributed by atoms with Crippen molar-refractivity contribution in [2.75, 3.05) is 5.43 Å². The first-order valence-corrected chi connectivity index (χ1v) is 5.56. The van der Waals surface area contributed by atoms with Gasteiger partial charge < -0.3 is 5.73 Å². The SMILES string of the molecule is Cc1ccc2nc(NNC(N)=S)sc2c1. The van der Waals surface area contributed by atoms with Crippen molar-refractivity contribution in [3.8, 4) is 0 Å². The molecule has 78 valence electrons. The van der Waals surface area contributed by atoms with Crippen molar-refractivity contribution in [2.45, 2.75) is 6.92 Å². The summed E-state index contributed by atoms with van der Waals surface area (Å²) in [6.45, 7) is 2.06. The fourth-order valence-electron chi connectivity index (χ4n) is 1.20. The van der Waals surface area contributed by atoms with Gasteiger partial charge in [-0.25, -0.2) is 4.98 Å². The van der Waals surface area contributed by atoms with Crippen molar-refractivity contribution >= 4 is 44.0 Å². The number of aryl methyl sites for hydroxylation is 1. The van der Waals surface area contributed by atoms with Gasteiger partial charge in [0, 0.05) is 0 Å². The van der Waals surface area contributed by atoms with Gasteiger partial charge in [-0.2, -0.15) is 0 Å². The van der Waals surface area contributed by atoms with Gasteiger partial charge in [0.2, 0.25) is 5.13 Å². The molecule has 0 unspecified atom stereocenters. The molecule has 1 aromatic carbocycles. The number of fused-ring (bicyclic) bond motifs is 1. The molecule has 4 N–H and O–H groups in total. The van der Waals surface area contributed by atoms with Gasteiger partial charge in [-0.15, -0.1) is 0 Å². The first-order valence-electron chi connectivity index (χ1n) is 4.34. The summed E-state index contributed by atoms with van der Waals surface area (Å²) >= 11 is 6.23. The molecule has 2 rings (SSSR count). The van der Waals surface area contributed by atoms with Gasteiger partial charge in [0.25, 0.3) is 0 Å². The molecule has 0 aliphatic rings. The molecule has 0 fully saturated rings. The second-order valence-corrected chi connectivity index (χ2v) is 4.57. The number of rotatable bonds is 2. The monoisotopic (exact) mass is 238 g/mol. The van der Waals surface area contributed by atoms with Crippen LogP contribution in [0, 0.1) is 6.92 Å². The zero-order valence-electron chi connectivity index (χ0n) is 8.07. The molecule has 1 heterocycles.